The molecule has 0 amide bonds. The van der Waals surface area contributed by atoms with E-state index in [-0.39, 0.29) is 10.6 Å². The minimum Gasteiger partial charge on any atom is -0.478 e. The van der Waals surface area contributed by atoms with Gasteiger partial charge in [0.2, 0.25) is 0 Å². The molecular weight excluding hydrogens is 347 g/mol. The van der Waals surface area contributed by atoms with E-state index in [1.165, 1.54) is 12.1 Å². The maximum Gasteiger partial charge on any atom is 0.337 e. The first kappa shape index (κ1) is 16.6. The molecule has 0 saturated carbocycles. The van der Waals surface area contributed by atoms with Crippen LogP contribution in [-0.2, 0) is 0 Å². The fourth-order valence-corrected chi connectivity index (χ4v) is 2.37. The first-order valence-corrected chi connectivity index (χ1v) is 7.30. The van der Waals surface area contributed by atoms with Crippen molar-refractivity contribution in [2.75, 3.05) is 5.43 Å². The number of hydrogen-bond donors (Lipinski definition) is 2. The minimum absolute atomic E-state index is 0.000285. The fraction of sp³-hybridized carbons (Fsp3) is 0.0667. The van der Waals surface area contributed by atoms with Gasteiger partial charge < -0.3 is 5.11 Å². The van der Waals surface area contributed by atoms with Gasteiger partial charge in [-0.2, -0.15) is 5.10 Å². The Bertz CT molecular complexity index is 760. The van der Waals surface area contributed by atoms with Gasteiger partial charge in [-0.25, -0.2) is 4.79 Å². The molecule has 114 valence electrons. The van der Waals surface area contributed by atoms with Crippen LogP contribution in [0.3, 0.4) is 0 Å². The zero-order chi connectivity index (χ0) is 16.3. The number of aromatic carboxylic acids is 1. The number of rotatable bonds is 4. The van der Waals surface area contributed by atoms with Crippen LogP contribution in [0.25, 0.3) is 0 Å². The number of benzene rings is 2. The summed E-state index contributed by atoms with van der Waals surface area (Å²) in [6.07, 6.45) is 0. The van der Waals surface area contributed by atoms with Gasteiger partial charge in [0.1, 0.15) is 0 Å². The number of carbonyl (C=O) groups is 1. The standard InChI is InChI=1S/C15H11Cl3N2O2/c1-8(11-6-9(16)2-4-13(11)17)19-20-10-3-5-14(18)12(7-10)15(21)22/h2-7,20H,1H3,(H,21,22)/b19-8-. The van der Waals surface area contributed by atoms with Gasteiger partial charge in [0, 0.05) is 15.6 Å². The molecule has 0 aromatic heterocycles. The van der Waals surface area contributed by atoms with Crippen molar-refractivity contribution < 1.29 is 9.90 Å². The second-order valence-electron chi connectivity index (χ2n) is 4.43. The van der Waals surface area contributed by atoms with Gasteiger partial charge in [-0.1, -0.05) is 34.8 Å². The maximum absolute atomic E-state index is 11.0. The number of carboxylic acid groups (broad SMARTS) is 1. The normalized spacial score (nSPS) is 11.4. The third-order valence-electron chi connectivity index (χ3n) is 2.87. The topological polar surface area (TPSA) is 61.7 Å². The van der Waals surface area contributed by atoms with Crippen molar-refractivity contribution in [3.8, 4) is 0 Å². The highest BCUT2D eigenvalue weighted by atomic mass is 35.5. The highest BCUT2D eigenvalue weighted by molar-refractivity contribution is 6.36. The van der Waals surface area contributed by atoms with Crippen LogP contribution in [0, 0.1) is 0 Å². The van der Waals surface area contributed by atoms with Crippen molar-refractivity contribution in [3.05, 3.63) is 62.6 Å². The molecular formula is C15H11Cl3N2O2. The first-order valence-electron chi connectivity index (χ1n) is 6.17. The Morgan fingerprint density at radius 3 is 2.36 bits per heavy atom. The van der Waals surface area contributed by atoms with Gasteiger partial charge in [0.15, 0.2) is 0 Å². The van der Waals surface area contributed by atoms with Gasteiger partial charge in [-0.3, -0.25) is 5.43 Å². The molecule has 0 unspecified atom stereocenters. The summed E-state index contributed by atoms with van der Waals surface area (Å²) < 4.78 is 0. The van der Waals surface area contributed by atoms with Gasteiger partial charge in [-0.15, -0.1) is 0 Å². The van der Waals surface area contributed by atoms with Crippen LogP contribution in [0.5, 0.6) is 0 Å². The molecule has 4 nitrogen and oxygen atoms in total. The molecule has 2 rings (SSSR count). The van der Waals surface area contributed by atoms with E-state index in [4.69, 9.17) is 39.9 Å². The van der Waals surface area contributed by atoms with Crippen LogP contribution in [0.15, 0.2) is 41.5 Å². The summed E-state index contributed by atoms with van der Waals surface area (Å²) in [6, 6.07) is 9.60. The third-order valence-corrected chi connectivity index (χ3v) is 3.76. The minimum atomic E-state index is -1.10. The molecule has 0 radical (unpaired) electrons. The Labute approximate surface area is 142 Å². The van der Waals surface area contributed by atoms with E-state index < -0.39 is 5.97 Å². The molecule has 0 aliphatic heterocycles. The molecule has 0 fully saturated rings. The lowest BCUT2D eigenvalue weighted by molar-refractivity contribution is 0.0697. The van der Waals surface area contributed by atoms with Gasteiger partial charge in [0.05, 0.1) is 22.0 Å². The average molecular weight is 358 g/mol. The Kier molecular flexibility index (Phi) is 5.29. The number of carboxylic acids is 1. The molecule has 2 N–H and O–H groups in total. The molecule has 0 bridgehead atoms. The molecule has 2 aromatic carbocycles. The van der Waals surface area contributed by atoms with Crippen LogP contribution in [0.4, 0.5) is 5.69 Å². The van der Waals surface area contributed by atoms with Crippen molar-refractivity contribution in [1.82, 2.24) is 0 Å². The summed E-state index contributed by atoms with van der Waals surface area (Å²) in [7, 11) is 0. The molecule has 0 saturated heterocycles. The highest BCUT2D eigenvalue weighted by Gasteiger charge is 2.09. The Morgan fingerprint density at radius 2 is 1.68 bits per heavy atom. The molecule has 0 aliphatic rings. The predicted molar refractivity (Wildman–Crippen MR) is 90.7 cm³/mol. The number of hydrazone groups is 1. The van der Waals surface area contributed by atoms with E-state index in [9.17, 15) is 4.79 Å². The van der Waals surface area contributed by atoms with E-state index in [1.54, 1.807) is 31.2 Å². The Hall–Kier alpha value is -1.75. The molecule has 22 heavy (non-hydrogen) atoms. The summed E-state index contributed by atoms with van der Waals surface area (Å²) in [6.45, 7) is 1.76. The number of hydrogen-bond acceptors (Lipinski definition) is 3. The summed E-state index contributed by atoms with van der Waals surface area (Å²) in [4.78, 5) is 11.0. The van der Waals surface area contributed by atoms with Crippen molar-refractivity contribution in [1.29, 1.82) is 0 Å². The Morgan fingerprint density at radius 1 is 1.05 bits per heavy atom. The van der Waals surface area contributed by atoms with Crippen LogP contribution < -0.4 is 5.43 Å². The van der Waals surface area contributed by atoms with Crippen molar-refractivity contribution >= 4 is 52.2 Å². The third kappa shape index (κ3) is 3.91. The number of nitrogens with zero attached hydrogens (tertiary/aromatic N) is 1. The fourth-order valence-electron chi connectivity index (χ4n) is 1.74. The molecule has 0 atom stereocenters. The molecule has 2 aromatic rings. The molecule has 0 heterocycles. The number of anilines is 1. The van der Waals surface area contributed by atoms with Crippen molar-refractivity contribution in [2.45, 2.75) is 6.92 Å². The monoisotopic (exact) mass is 356 g/mol. The number of nitrogens with one attached hydrogen (secondary N) is 1. The van der Waals surface area contributed by atoms with Crippen molar-refractivity contribution in [2.24, 2.45) is 5.10 Å². The van der Waals surface area contributed by atoms with E-state index in [1.807, 2.05) is 0 Å². The lowest BCUT2D eigenvalue weighted by atomic mass is 10.1. The lowest BCUT2D eigenvalue weighted by Gasteiger charge is -2.07. The van der Waals surface area contributed by atoms with Crippen LogP contribution in [-0.4, -0.2) is 16.8 Å². The second-order valence-corrected chi connectivity index (χ2v) is 5.68. The van der Waals surface area contributed by atoms with E-state index in [0.29, 0.717) is 27.0 Å². The summed E-state index contributed by atoms with van der Waals surface area (Å²) in [5.41, 5.74) is 4.58. The SMILES string of the molecule is C/C(=N/Nc1ccc(Cl)c(C(=O)O)c1)c1cc(Cl)ccc1Cl. The van der Waals surface area contributed by atoms with Crippen LogP contribution in [0.1, 0.15) is 22.8 Å². The summed E-state index contributed by atoms with van der Waals surface area (Å²) in [5.74, 6) is -1.10. The summed E-state index contributed by atoms with van der Waals surface area (Å²) in [5, 5.41) is 14.5. The molecule has 0 aliphatic carbocycles. The first-order chi connectivity index (χ1) is 10.4. The van der Waals surface area contributed by atoms with Crippen molar-refractivity contribution in [3.63, 3.8) is 0 Å². The van der Waals surface area contributed by atoms with E-state index in [2.05, 4.69) is 10.5 Å². The van der Waals surface area contributed by atoms with E-state index in [0.717, 1.165) is 0 Å². The zero-order valence-electron chi connectivity index (χ0n) is 11.4. The second kappa shape index (κ2) is 7.01. The van der Waals surface area contributed by atoms with Gasteiger partial charge in [-0.05, 0) is 43.3 Å². The molecule has 7 heteroatoms. The largest absolute Gasteiger partial charge is 0.478 e. The molecule has 0 spiro atoms. The zero-order valence-corrected chi connectivity index (χ0v) is 13.7. The van der Waals surface area contributed by atoms with E-state index >= 15 is 0 Å². The quantitative estimate of drug-likeness (QED) is 0.585. The maximum atomic E-state index is 11.0. The smallest absolute Gasteiger partial charge is 0.337 e. The lowest BCUT2D eigenvalue weighted by Crippen LogP contribution is -2.02. The summed E-state index contributed by atoms with van der Waals surface area (Å²) >= 11 is 17.8. The van der Waals surface area contributed by atoms with Crippen LogP contribution >= 0.6 is 34.8 Å². The van der Waals surface area contributed by atoms with Gasteiger partial charge in [0.25, 0.3) is 0 Å². The Balaban J connectivity index is 2.26. The average Bonchev–Trinajstić information content (AvgIpc) is 2.48. The van der Waals surface area contributed by atoms with Crippen LogP contribution in [0.2, 0.25) is 15.1 Å². The number of halogens is 3. The highest BCUT2D eigenvalue weighted by Crippen LogP contribution is 2.23. The predicted octanol–water partition coefficient (Wildman–Crippen LogP) is 5.18. The van der Waals surface area contributed by atoms with Gasteiger partial charge >= 0.3 is 5.97 Å².